The summed E-state index contributed by atoms with van der Waals surface area (Å²) in [6.07, 6.45) is 2.34. The zero-order chi connectivity index (χ0) is 15.5. The predicted molar refractivity (Wildman–Crippen MR) is 97.9 cm³/mol. The van der Waals surface area contributed by atoms with Gasteiger partial charge in [-0.25, -0.2) is 0 Å². The van der Waals surface area contributed by atoms with Gasteiger partial charge in [-0.05, 0) is 26.7 Å². The van der Waals surface area contributed by atoms with Gasteiger partial charge in [-0.15, -0.1) is 24.8 Å². The SMILES string of the molecule is COCCNCC(=O)NC1CCN(CCOC(C)C)CC1.Cl.Cl. The Kier molecular flexibility index (Phi) is 16.9. The van der Waals surface area contributed by atoms with E-state index in [0.717, 1.165) is 39.1 Å². The van der Waals surface area contributed by atoms with E-state index >= 15 is 0 Å². The molecule has 0 aromatic heterocycles. The zero-order valence-corrected chi connectivity index (χ0v) is 16.1. The molecule has 0 aromatic rings. The van der Waals surface area contributed by atoms with Crippen LogP contribution >= 0.6 is 24.8 Å². The predicted octanol–water partition coefficient (Wildman–Crippen LogP) is 1.07. The summed E-state index contributed by atoms with van der Waals surface area (Å²) in [5.41, 5.74) is 0. The lowest BCUT2D eigenvalue weighted by atomic mass is 10.1. The van der Waals surface area contributed by atoms with Crippen molar-refractivity contribution in [2.24, 2.45) is 0 Å². The molecule has 0 radical (unpaired) electrons. The second kappa shape index (κ2) is 15.4. The molecule has 1 aliphatic heterocycles. The Morgan fingerprint density at radius 1 is 1.22 bits per heavy atom. The summed E-state index contributed by atoms with van der Waals surface area (Å²) < 4.78 is 10.5. The molecule has 1 fully saturated rings. The largest absolute Gasteiger partial charge is 0.383 e. The Labute approximate surface area is 152 Å². The highest BCUT2D eigenvalue weighted by atomic mass is 35.5. The first-order valence-electron chi connectivity index (χ1n) is 7.94. The summed E-state index contributed by atoms with van der Waals surface area (Å²) in [5, 5.41) is 6.15. The molecular formula is C15H33Cl2N3O3. The van der Waals surface area contributed by atoms with E-state index in [9.17, 15) is 4.79 Å². The third-order valence-electron chi connectivity index (χ3n) is 3.58. The number of nitrogens with one attached hydrogen (secondary N) is 2. The Morgan fingerprint density at radius 2 is 1.87 bits per heavy atom. The van der Waals surface area contributed by atoms with Crippen LogP contribution in [-0.4, -0.2) is 76.0 Å². The molecule has 0 saturated carbocycles. The smallest absolute Gasteiger partial charge is 0.234 e. The molecule has 0 aromatic carbocycles. The Morgan fingerprint density at radius 3 is 2.43 bits per heavy atom. The highest BCUT2D eigenvalue weighted by Gasteiger charge is 2.20. The molecule has 0 aliphatic carbocycles. The molecule has 1 heterocycles. The van der Waals surface area contributed by atoms with E-state index in [1.54, 1.807) is 7.11 Å². The third kappa shape index (κ3) is 12.9. The van der Waals surface area contributed by atoms with Gasteiger partial charge in [0.25, 0.3) is 0 Å². The van der Waals surface area contributed by atoms with Crippen LogP contribution in [0, 0.1) is 0 Å². The number of rotatable bonds is 10. The maximum absolute atomic E-state index is 11.8. The lowest BCUT2D eigenvalue weighted by Crippen LogP contribution is -2.47. The number of hydrogen-bond acceptors (Lipinski definition) is 5. The molecule has 1 rings (SSSR count). The molecule has 1 saturated heterocycles. The molecule has 6 nitrogen and oxygen atoms in total. The molecule has 2 N–H and O–H groups in total. The Bertz CT molecular complexity index is 289. The van der Waals surface area contributed by atoms with Gasteiger partial charge in [-0.1, -0.05) is 0 Å². The van der Waals surface area contributed by atoms with Gasteiger partial charge >= 0.3 is 0 Å². The van der Waals surface area contributed by atoms with Gasteiger partial charge in [0, 0.05) is 39.3 Å². The minimum absolute atomic E-state index is 0. The second-order valence-corrected chi connectivity index (χ2v) is 5.77. The molecule has 140 valence electrons. The first-order chi connectivity index (χ1) is 10.1. The molecular weight excluding hydrogens is 341 g/mol. The molecule has 0 bridgehead atoms. The highest BCUT2D eigenvalue weighted by Crippen LogP contribution is 2.09. The molecule has 0 unspecified atom stereocenters. The lowest BCUT2D eigenvalue weighted by molar-refractivity contribution is -0.121. The number of amides is 1. The Hall–Kier alpha value is -0.110. The van der Waals surface area contributed by atoms with Crippen molar-refractivity contribution in [3.63, 3.8) is 0 Å². The van der Waals surface area contributed by atoms with Gasteiger partial charge in [-0.2, -0.15) is 0 Å². The summed E-state index contributed by atoms with van der Waals surface area (Å²) in [6, 6.07) is 0.309. The van der Waals surface area contributed by atoms with Crippen molar-refractivity contribution in [1.29, 1.82) is 0 Å². The second-order valence-electron chi connectivity index (χ2n) is 5.77. The number of carbonyl (C=O) groups is 1. The number of methoxy groups -OCH3 is 1. The van der Waals surface area contributed by atoms with Crippen molar-refractivity contribution in [2.75, 3.05) is 53.0 Å². The van der Waals surface area contributed by atoms with Crippen LogP contribution < -0.4 is 10.6 Å². The van der Waals surface area contributed by atoms with Gasteiger partial charge in [0.05, 0.1) is 25.9 Å². The first kappa shape index (κ1) is 25.1. The van der Waals surface area contributed by atoms with E-state index in [-0.39, 0.29) is 30.7 Å². The molecule has 1 amide bonds. The summed E-state index contributed by atoms with van der Waals surface area (Å²) >= 11 is 0. The number of ether oxygens (including phenoxy) is 2. The summed E-state index contributed by atoms with van der Waals surface area (Å²) in [5.74, 6) is 0.0766. The van der Waals surface area contributed by atoms with E-state index in [1.165, 1.54) is 0 Å². The fraction of sp³-hybridized carbons (Fsp3) is 0.933. The number of piperidine rings is 1. The van der Waals surface area contributed by atoms with E-state index in [1.807, 2.05) is 0 Å². The number of nitrogens with zero attached hydrogens (tertiary/aromatic N) is 1. The fourth-order valence-electron chi connectivity index (χ4n) is 2.37. The van der Waals surface area contributed by atoms with Crippen LogP contribution in [0.2, 0.25) is 0 Å². The van der Waals surface area contributed by atoms with E-state index in [0.29, 0.717) is 31.8 Å². The van der Waals surface area contributed by atoms with Gasteiger partial charge in [0.2, 0.25) is 5.91 Å². The van der Waals surface area contributed by atoms with Gasteiger partial charge in [-0.3, -0.25) is 4.79 Å². The number of carbonyl (C=O) groups excluding carboxylic acids is 1. The monoisotopic (exact) mass is 373 g/mol. The van der Waals surface area contributed by atoms with Crippen LogP contribution in [0.15, 0.2) is 0 Å². The summed E-state index contributed by atoms with van der Waals surface area (Å²) in [4.78, 5) is 14.2. The standard InChI is InChI=1S/C15H31N3O3.2ClH/c1-13(2)21-11-9-18-7-4-14(5-8-18)17-15(19)12-16-6-10-20-3;;/h13-14,16H,4-12H2,1-3H3,(H,17,19);2*1H. The number of halogens is 2. The van der Waals surface area contributed by atoms with Gasteiger partial charge < -0.3 is 25.0 Å². The quantitative estimate of drug-likeness (QED) is 0.560. The molecule has 1 aliphatic rings. The Balaban J connectivity index is 0. The van der Waals surface area contributed by atoms with E-state index in [2.05, 4.69) is 29.4 Å². The maximum Gasteiger partial charge on any atom is 0.234 e. The van der Waals surface area contributed by atoms with Crippen LogP contribution in [0.1, 0.15) is 26.7 Å². The normalized spacial score (nSPS) is 15.8. The van der Waals surface area contributed by atoms with Gasteiger partial charge in [0.1, 0.15) is 0 Å². The van der Waals surface area contributed by atoms with Crippen LogP contribution in [0.5, 0.6) is 0 Å². The van der Waals surface area contributed by atoms with Crippen molar-refractivity contribution in [1.82, 2.24) is 15.5 Å². The van der Waals surface area contributed by atoms with Crippen LogP contribution in [0.25, 0.3) is 0 Å². The molecule has 0 spiro atoms. The average Bonchev–Trinajstić information content (AvgIpc) is 2.45. The topological polar surface area (TPSA) is 62.8 Å². The lowest BCUT2D eigenvalue weighted by Gasteiger charge is -2.32. The third-order valence-corrected chi connectivity index (χ3v) is 3.58. The zero-order valence-electron chi connectivity index (χ0n) is 14.5. The average molecular weight is 374 g/mol. The molecule has 8 heteroatoms. The molecule has 0 atom stereocenters. The highest BCUT2D eigenvalue weighted by molar-refractivity contribution is 5.85. The van der Waals surface area contributed by atoms with E-state index in [4.69, 9.17) is 9.47 Å². The van der Waals surface area contributed by atoms with Crippen LogP contribution in [0.4, 0.5) is 0 Å². The van der Waals surface area contributed by atoms with Crippen LogP contribution in [-0.2, 0) is 14.3 Å². The van der Waals surface area contributed by atoms with Gasteiger partial charge in [0.15, 0.2) is 0 Å². The van der Waals surface area contributed by atoms with Crippen molar-refractivity contribution in [3.05, 3.63) is 0 Å². The first-order valence-corrected chi connectivity index (χ1v) is 7.94. The maximum atomic E-state index is 11.8. The number of hydrogen-bond donors (Lipinski definition) is 2. The number of likely N-dealkylation sites (tertiary alicyclic amines) is 1. The van der Waals surface area contributed by atoms with E-state index < -0.39 is 0 Å². The fourth-order valence-corrected chi connectivity index (χ4v) is 2.37. The summed E-state index contributed by atoms with van der Waals surface area (Å²) in [6.45, 7) is 9.65. The van der Waals surface area contributed by atoms with Crippen molar-refractivity contribution in [3.8, 4) is 0 Å². The summed E-state index contributed by atoms with van der Waals surface area (Å²) in [7, 11) is 1.65. The van der Waals surface area contributed by atoms with Crippen molar-refractivity contribution >= 4 is 30.7 Å². The van der Waals surface area contributed by atoms with Crippen LogP contribution in [0.3, 0.4) is 0 Å². The minimum Gasteiger partial charge on any atom is -0.383 e. The van der Waals surface area contributed by atoms with Crippen molar-refractivity contribution < 1.29 is 14.3 Å². The molecule has 23 heavy (non-hydrogen) atoms. The minimum atomic E-state index is 0. The van der Waals surface area contributed by atoms with Crippen molar-refractivity contribution in [2.45, 2.75) is 38.8 Å².